The summed E-state index contributed by atoms with van der Waals surface area (Å²) in [6.07, 6.45) is 1.52. The first-order chi connectivity index (χ1) is 6.84. The zero-order valence-electron chi connectivity index (χ0n) is 7.21. The number of aliphatic carboxylic acids is 1. The molecule has 2 amide bonds. The topological polar surface area (TPSA) is 78.4 Å². The first-order valence-electron chi connectivity index (χ1n) is 3.53. The number of hydrogen-bond acceptors (Lipinski definition) is 2. The highest BCUT2D eigenvalue weighted by Crippen LogP contribution is 2.13. The Morgan fingerprint density at radius 1 is 1.20 bits per heavy atom. The highest BCUT2D eigenvalue weighted by Gasteiger charge is 2.38. The van der Waals surface area contributed by atoms with Crippen molar-refractivity contribution in [1.82, 2.24) is 10.6 Å². The van der Waals surface area contributed by atoms with Gasteiger partial charge in [-0.2, -0.15) is 13.2 Å². The summed E-state index contributed by atoms with van der Waals surface area (Å²) in [6.45, 7) is 0. The van der Waals surface area contributed by atoms with E-state index >= 15 is 0 Å². The largest absolute Gasteiger partial charge is 0.490 e. The van der Waals surface area contributed by atoms with Crippen LogP contribution in [-0.2, 0) is 4.79 Å². The summed E-state index contributed by atoms with van der Waals surface area (Å²) >= 11 is 0. The Morgan fingerprint density at radius 2 is 1.53 bits per heavy atom. The summed E-state index contributed by atoms with van der Waals surface area (Å²) in [5.41, 5.74) is 0. The second-order valence-corrected chi connectivity index (χ2v) is 2.14. The zero-order chi connectivity index (χ0) is 11.9. The second kappa shape index (κ2) is 5.68. The number of amides is 2. The number of halogens is 3. The van der Waals surface area contributed by atoms with E-state index < -0.39 is 12.1 Å². The van der Waals surface area contributed by atoms with E-state index in [0.29, 0.717) is 0 Å². The van der Waals surface area contributed by atoms with Gasteiger partial charge in [-0.05, 0) is 12.2 Å². The van der Waals surface area contributed by atoms with E-state index in [1.54, 1.807) is 24.6 Å². The maximum absolute atomic E-state index is 10.6. The van der Waals surface area contributed by atoms with Crippen molar-refractivity contribution in [3.05, 3.63) is 24.6 Å². The second-order valence-electron chi connectivity index (χ2n) is 2.14. The number of nitrogens with one attached hydrogen (secondary N) is 2. The summed E-state index contributed by atoms with van der Waals surface area (Å²) in [7, 11) is 0. The molecule has 0 fully saturated rings. The number of urea groups is 1. The van der Waals surface area contributed by atoms with Crippen LogP contribution in [0.3, 0.4) is 0 Å². The van der Waals surface area contributed by atoms with Gasteiger partial charge in [-0.1, -0.05) is 0 Å². The summed E-state index contributed by atoms with van der Waals surface area (Å²) in [5, 5.41) is 12.0. The van der Waals surface area contributed by atoms with Crippen LogP contribution in [0.1, 0.15) is 0 Å². The highest BCUT2D eigenvalue weighted by molar-refractivity contribution is 5.76. The number of carbonyl (C=O) groups excluding carboxylic acids is 1. The summed E-state index contributed by atoms with van der Waals surface area (Å²) < 4.78 is 31.7. The molecule has 1 rings (SSSR count). The lowest BCUT2D eigenvalue weighted by Gasteiger charge is -1.93. The fourth-order valence-corrected chi connectivity index (χ4v) is 0.400. The number of carboxylic acid groups (broad SMARTS) is 1. The molecule has 0 aromatic rings. The molecule has 15 heavy (non-hydrogen) atoms. The number of rotatable bonds is 0. The molecule has 0 aliphatic carbocycles. The quantitative estimate of drug-likeness (QED) is 0.573. The molecular weight excluding hydrogens is 217 g/mol. The van der Waals surface area contributed by atoms with E-state index in [2.05, 4.69) is 10.6 Å². The van der Waals surface area contributed by atoms with Gasteiger partial charge in [-0.25, -0.2) is 9.59 Å². The maximum atomic E-state index is 10.6. The van der Waals surface area contributed by atoms with Crippen molar-refractivity contribution < 1.29 is 27.9 Å². The van der Waals surface area contributed by atoms with Crippen LogP contribution in [0.4, 0.5) is 18.0 Å². The van der Waals surface area contributed by atoms with Crippen molar-refractivity contribution in [2.75, 3.05) is 0 Å². The Bertz CT molecular complexity index is 280. The van der Waals surface area contributed by atoms with Crippen LogP contribution in [0.25, 0.3) is 0 Å². The molecule has 1 aliphatic heterocycles. The molecular formula is C7H7F3N2O3. The smallest absolute Gasteiger partial charge is 0.475 e. The van der Waals surface area contributed by atoms with Crippen LogP contribution < -0.4 is 10.6 Å². The molecule has 8 heteroatoms. The molecule has 0 atom stereocenters. The third-order valence-corrected chi connectivity index (χ3v) is 0.975. The van der Waals surface area contributed by atoms with Crippen molar-refractivity contribution in [2.24, 2.45) is 0 Å². The molecule has 0 saturated heterocycles. The van der Waals surface area contributed by atoms with Crippen LogP contribution in [0.2, 0.25) is 0 Å². The molecule has 3 N–H and O–H groups in total. The molecule has 0 radical (unpaired) electrons. The van der Waals surface area contributed by atoms with Gasteiger partial charge >= 0.3 is 18.2 Å². The van der Waals surface area contributed by atoms with Crippen molar-refractivity contribution >= 4 is 12.0 Å². The first kappa shape index (κ1) is 13.0. The van der Waals surface area contributed by atoms with Crippen molar-refractivity contribution in [1.29, 1.82) is 0 Å². The van der Waals surface area contributed by atoms with E-state index in [-0.39, 0.29) is 6.03 Å². The maximum Gasteiger partial charge on any atom is 0.490 e. The molecule has 0 saturated carbocycles. The van der Waals surface area contributed by atoms with E-state index in [0.717, 1.165) is 0 Å². The van der Waals surface area contributed by atoms with Gasteiger partial charge in [-0.15, -0.1) is 0 Å². The molecule has 0 spiro atoms. The van der Waals surface area contributed by atoms with E-state index in [9.17, 15) is 18.0 Å². The number of carboxylic acids is 1. The molecule has 0 aromatic carbocycles. The van der Waals surface area contributed by atoms with Crippen molar-refractivity contribution in [2.45, 2.75) is 6.18 Å². The average molecular weight is 224 g/mol. The number of alkyl halides is 3. The minimum atomic E-state index is -5.08. The zero-order valence-corrected chi connectivity index (χ0v) is 7.21. The molecule has 0 unspecified atom stereocenters. The standard InChI is InChI=1S/C5H6N2O.C2HF3O2/c8-5-6-3-1-2-4-7-5;3-2(4,5)1(6)7/h1-4H,(H2,6,7,8);(H,6,7). The van der Waals surface area contributed by atoms with Gasteiger partial charge in [0, 0.05) is 12.4 Å². The minimum Gasteiger partial charge on any atom is -0.475 e. The highest BCUT2D eigenvalue weighted by atomic mass is 19.4. The average Bonchev–Trinajstić information content (AvgIpc) is 2.32. The Kier molecular flexibility index (Phi) is 4.93. The van der Waals surface area contributed by atoms with Crippen LogP contribution in [0.15, 0.2) is 24.6 Å². The van der Waals surface area contributed by atoms with Crippen LogP contribution in [-0.4, -0.2) is 23.3 Å². The molecule has 0 aromatic heterocycles. The van der Waals surface area contributed by atoms with Gasteiger partial charge < -0.3 is 15.7 Å². The van der Waals surface area contributed by atoms with Gasteiger partial charge in [0.25, 0.3) is 0 Å². The summed E-state index contributed by atoms with van der Waals surface area (Å²) in [5.74, 6) is -2.76. The fraction of sp³-hybridized carbons (Fsp3) is 0.143. The lowest BCUT2D eigenvalue weighted by atomic mass is 10.6. The molecule has 5 nitrogen and oxygen atoms in total. The van der Waals surface area contributed by atoms with Crippen LogP contribution in [0, 0.1) is 0 Å². The van der Waals surface area contributed by atoms with Gasteiger partial charge in [0.15, 0.2) is 0 Å². The van der Waals surface area contributed by atoms with E-state index in [4.69, 9.17) is 9.90 Å². The molecule has 1 heterocycles. The minimum absolute atomic E-state index is 0.199. The Hall–Kier alpha value is -1.99. The predicted molar refractivity (Wildman–Crippen MR) is 43.6 cm³/mol. The fourth-order valence-electron chi connectivity index (χ4n) is 0.400. The monoisotopic (exact) mass is 224 g/mol. The van der Waals surface area contributed by atoms with Gasteiger partial charge in [0.05, 0.1) is 0 Å². The molecule has 0 bridgehead atoms. The number of carbonyl (C=O) groups is 2. The molecule has 84 valence electrons. The SMILES string of the molecule is O=C(O)C(F)(F)F.O=C1NC=CC=CN1. The normalized spacial score (nSPS) is 14.2. The summed E-state index contributed by atoms with van der Waals surface area (Å²) in [4.78, 5) is 19.3. The summed E-state index contributed by atoms with van der Waals surface area (Å²) in [6, 6.07) is -0.199. The van der Waals surface area contributed by atoms with Gasteiger partial charge in [-0.3, -0.25) is 0 Å². The first-order valence-corrected chi connectivity index (χ1v) is 3.53. The number of hydrogen-bond donors (Lipinski definition) is 3. The predicted octanol–water partition coefficient (Wildman–Crippen LogP) is 0.960. The lowest BCUT2D eigenvalue weighted by molar-refractivity contribution is -0.192. The van der Waals surface area contributed by atoms with Crippen molar-refractivity contribution in [3.8, 4) is 0 Å². The lowest BCUT2D eigenvalue weighted by Crippen LogP contribution is -2.26. The third-order valence-electron chi connectivity index (χ3n) is 0.975. The Morgan fingerprint density at radius 3 is 1.80 bits per heavy atom. The van der Waals surface area contributed by atoms with Gasteiger partial charge in [0.2, 0.25) is 0 Å². The Balaban J connectivity index is 0.000000265. The number of allylic oxidation sites excluding steroid dienone is 2. The van der Waals surface area contributed by atoms with E-state index in [1.165, 1.54) is 0 Å². The molecule has 1 aliphatic rings. The van der Waals surface area contributed by atoms with Crippen molar-refractivity contribution in [3.63, 3.8) is 0 Å². The van der Waals surface area contributed by atoms with Crippen LogP contribution in [0.5, 0.6) is 0 Å². The Labute approximate surface area is 82.3 Å². The van der Waals surface area contributed by atoms with E-state index in [1.807, 2.05) is 0 Å². The third kappa shape index (κ3) is 7.11. The van der Waals surface area contributed by atoms with Gasteiger partial charge in [0.1, 0.15) is 0 Å². The van der Waals surface area contributed by atoms with Crippen LogP contribution >= 0.6 is 0 Å².